The van der Waals surface area contributed by atoms with Gasteiger partial charge in [-0.3, -0.25) is 4.79 Å². The number of rotatable bonds is 5. The number of carbonyl (C=O) groups excluding carboxylic acids is 1. The second-order valence-corrected chi connectivity index (χ2v) is 4.76. The Balaban J connectivity index is 2.17. The van der Waals surface area contributed by atoms with Gasteiger partial charge in [0.25, 0.3) is 6.47 Å². The molecule has 4 nitrogen and oxygen atoms in total. The number of nitrogens with zero attached hydrogens (tertiary/aromatic N) is 1. The highest BCUT2D eigenvalue weighted by Gasteiger charge is 2.02. The second kappa shape index (κ2) is 6.61. The van der Waals surface area contributed by atoms with Gasteiger partial charge in [-0.25, -0.2) is 0 Å². The molecule has 0 saturated carbocycles. The minimum Gasteiger partial charge on any atom is -0.504 e. The highest BCUT2D eigenvalue weighted by atomic mass is 16.5. The predicted octanol–water partition coefficient (Wildman–Crippen LogP) is 3.16. The van der Waals surface area contributed by atoms with E-state index in [1.807, 2.05) is 55.4 Å². The van der Waals surface area contributed by atoms with Crippen molar-refractivity contribution in [1.29, 1.82) is 0 Å². The molecule has 21 heavy (non-hydrogen) atoms. The zero-order valence-electron chi connectivity index (χ0n) is 12.0. The van der Waals surface area contributed by atoms with Gasteiger partial charge >= 0.3 is 0 Å². The third-order valence-corrected chi connectivity index (χ3v) is 3.04. The van der Waals surface area contributed by atoms with Crippen molar-refractivity contribution in [2.45, 2.75) is 0 Å². The van der Waals surface area contributed by atoms with E-state index in [9.17, 15) is 9.90 Å². The summed E-state index contributed by atoms with van der Waals surface area (Å²) >= 11 is 0. The molecular weight excluding hydrogens is 266 g/mol. The van der Waals surface area contributed by atoms with Crippen LogP contribution in [-0.4, -0.2) is 25.7 Å². The molecule has 4 heteroatoms. The van der Waals surface area contributed by atoms with Crippen LogP contribution in [0.5, 0.6) is 11.5 Å². The van der Waals surface area contributed by atoms with E-state index in [1.165, 1.54) is 6.07 Å². The van der Waals surface area contributed by atoms with Crippen LogP contribution in [0.15, 0.2) is 42.5 Å². The zero-order chi connectivity index (χ0) is 15.2. The lowest BCUT2D eigenvalue weighted by Crippen LogP contribution is -2.07. The molecule has 2 aromatic rings. The monoisotopic (exact) mass is 283 g/mol. The third kappa shape index (κ3) is 3.86. The Hall–Kier alpha value is -2.75. The first-order chi connectivity index (χ1) is 10.1. The van der Waals surface area contributed by atoms with Gasteiger partial charge in [0.15, 0.2) is 11.5 Å². The van der Waals surface area contributed by atoms with Crippen molar-refractivity contribution in [3.63, 3.8) is 0 Å². The van der Waals surface area contributed by atoms with Crippen molar-refractivity contribution >= 4 is 24.3 Å². The van der Waals surface area contributed by atoms with Gasteiger partial charge in [-0.15, -0.1) is 0 Å². The largest absolute Gasteiger partial charge is 0.504 e. The van der Waals surface area contributed by atoms with E-state index >= 15 is 0 Å². The minimum absolute atomic E-state index is 0.0606. The molecule has 0 unspecified atom stereocenters. The molecule has 0 atom stereocenters. The van der Waals surface area contributed by atoms with Crippen molar-refractivity contribution in [3.05, 3.63) is 53.6 Å². The van der Waals surface area contributed by atoms with Gasteiger partial charge in [0, 0.05) is 19.8 Å². The first kappa shape index (κ1) is 14.7. The van der Waals surface area contributed by atoms with Gasteiger partial charge < -0.3 is 14.7 Å². The number of hydrogen-bond acceptors (Lipinski definition) is 4. The maximum Gasteiger partial charge on any atom is 0.298 e. The summed E-state index contributed by atoms with van der Waals surface area (Å²) in [6.07, 6.45) is 3.85. The summed E-state index contributed by atoms with van der Waals surface area (Å²) in [7, 11) is 3.99. The van der Waals surface area contributed by atoms with Gasteiger partial charge in [-0.1, -0.05) is 30.4 Å². The van der Waals surface area contributed by atoms with Crippen molar-refractivity contribution in [1.82, 2.24) is 0 Å². The number of hydrogen-bond donors (Lipinski definition) is 1. The molecule has 0 spiro atoms. The molecule has 1 N–H and O–H groups in total. The van der Waals surface area contributed by atoms with E-state index < -0.39 is 0 Å². The molecule has 0 heterocycles. The van der Waals surface area contributed by atoms with Crippen LogP contribution in [0.2, 0.25) is 0 Å². The molecule has 0 radical (unpaired) electrons. The lowest BCUT2D eigenvalue weighted by Gasteiger charge is -2.11. The summed E-state index contributed by atoms with van der Waals surface area (Å²) in [5.41, 5.74) is 3.03. The van der Waals surface area contributed by atoms with Crippen LogP contribution < -0.4 is 9.64 Å². The molecule has 108 valence electrons. The SMILES string of the molecule is CN(C)c1ccc(C=Cc2ccc(O)c(OC=O)c2)cc1. The van der Waals surface area contributed by atoms with E-state index in [4.69, 9.17) is 4.74 Å². The summed E-state index contributed by atoms with van der Waals surface area (Å²) in [4.78, 5) is 12.4. The van der Waals surface area contributed by atoms with Gasteiger partial charge in [0.1, 0.15) is 0 Å². The minimum atomic E-state index is -0.0606. The summed E-state index contributed by atoms with van der Waals surface area (Å²) in [6, 6.07) is 13.0. The molecule has 2 aromatic carbocycles. The van der Waals surface area contributed by atoms with Gasteiger partial charge in [0.2, 0.25) is 0 Å². The Kier molecular flexibility index (Phi) is 4.61. The van der Waals surface area contributed by atoms with Crippen molar-refractivity contribution in [2.75, 3.05) is 19.0 Å². The number of phenols is 1. The van der Waals surface area contributed by atoms with Gasteiger partial charge in [-0.2, -0.15) is 0 Å². The van der Waals surface area contributed by atoms with Crippen LogP contribution in [0, 0.1) is 0 Å². The smallest absolute Gasteiger partial charge is 0.298 e. The van der Waals surface area contributed by atoms with Crippen LogP contribution >= 0.6 is 0 Å². The van der Waals surface area contributed by atoms with Crippen molar-refractivity contribution in [3.8, 4) is 11.5 Å². The summed E-state index contributed by atoms with van der Waals surface area (Å²) in [5.74, 6) is 0.0877. The quantitative estimate of drug-likeness (QED) is 0.676. The fourth-order valence-corrected chi connectivity index (χ4v) is 1.86. The Morgan fingerprint density at radius 3 is 2.24 bits per heavy atom. The molecule has 0 bridgehead atoms. The van der Waals surface area contributed by atoms with Gasteiger partial charge in [-0.05, 0) is 35.4 Å². The maximum atomic E-state index is 10.3. The average Bonchev–Trinajstić information content (AvgIpc) is 2.48. The first-order valence-electron chi connectivity index (χ1n) is 6.49. The third-order valence-electron chi connectivity index (χ3n) is 3.04. The summed E-state index contributed by atoms with van der Waals surface area (Å²) in [6.45, 7) is 0.294. The van der Waals surface area contributed by atoms with E-state index in [-0.39, 0.29) is 11.5 Å². The van der Waals surface area contributed by atoms with Crippen molar-refractivity contribution < 1.29 is 14.6 Å². The fraction of sp³-hybridized carbons (Fsp3) is 0.118. The molecule has 0 fully saturated rings. The van der Waals surface area contributed by atoms with Gasteiger partial charge in [0.05, 0.1) is 0 Å². The number of aromatic hydroxyl groups is 1. The number of ether oxygens (including phenoxy) is 1. The van der Waals surface area contributed by atoms with Crippen LogP contribution in [-0.2, 0) is 4.79 Å². The average molecular weight is 283 g/mol. The van der Waals surface area contributed by atoms with E-state index in [0.29, 0.717) is 6.47 Å². The molecule has 0 aliphatic heterocycles. The predicted molar refractivity (Wildman–Crippen MR) is 84.5 cm³/mol. The Labute approximate surface area is 123 Å². The van der Waals surface area contributed by atoms with E-state index in [1.54, 1.807) is 12.1 Å². The van der Waals surface area contributed by atoms with Crippen LogP contribution in [0.25, 0.3) is 12.2 Å². The highest BCUT2D eigenvalue weighted by molar-refractivity contribution is 5.72. The Morgan fingerprint density at radius 1 is 1.00 bits per heavy atom. The Morgan fingerprint density at radius 2 is 1.62 bits per heavy atom. The molecule has 0 aromatic heterocycles. The second-order valence-electron chi connectivity index (χ2n) is 4.76. The van der Waals surface area contributed by atoms with Crippen molar-refractivity contribution in [2.24, 2.45) is 0 Å². The maximum absolute atomic E-state index is 10.3. The lowest BCUT2D eigenvalue weighted by molar-refractivity contribution is -0.120. The summed E-state index contributed by atoms with van der Waals surface area (Å²) < 4.78 is 4.70. The highest BCUT2D eigenvalue weighted by Crippen LogP contribution is 2.27. The summed E-state index contributed by atoms with van der Waals surface area (Å²) in [5, 5.41) is 9.52. The molecule has 0 saturated heterocycles. The first-order valence-corrected chi connectivity index (χ1v) is 6.49. The zero-order valence-corrected chi connectivity index (χ0v) is 12.0. The molecular formula is C17H17NO3. The van der Waals surface area contributed by atoms with Crippen LogP contribution in [0.1, 0.15) is 11.1 Å². The number of carbonyl (C=O) groups is 1. The lowest BCUT2D eigenvalue weighted by atomic mass is 10.1. The topological polar surface area (TPSA) is 49.8 Å². The molecule has 0 aliphatic rings. The standard InChI is InChI=1S/C17H17NO3/c1-18(2)15-8-5-13(6-9-15)3-4-14-7-10-16(20)17(11-14)21-12-19/h3-12,20H,1-2H3. The number of benzene rings is 2. The fourth-order valence-electron chi connectivity index (χ4n) is 1.86. The Bertz CT molecular complexity index is 646. The molecule has 0 aliphatic carbocycles. The number of phenolic OH excluding ortho intramolecular Hbond substituents is 1. The normalized spacial score (nSPS) is 10.6. The molecule has 0 amide bonds. The van der Waals surface area contributed by atoms with Crippen LogP contribution in [0.4, 0.5) is 5.69 Å². The number of anilines is 1. The van der Waals surface area contributed by atoms with E-state index in [2.05, 4.69) is 0 Å². The van der Waals surface area contributed by atoms with E-state index in [0.717, 1.165) is 16.8 Å². The molecule has 2 rings (SSSR count). The van der Waals surface area contributed by atoms with Crippen LogP contribution in [0.3, 0.4) is 0 Å².